The van der Waals surface area contributed by atoms with Gasteiger partial charge in [0, 0.05) is 26.2 Å². The third-order valence-electron chi connectivity index (χ3n) is 5.02. The number of rotatable bonds is 6. The van der Waals surface area contributed by atoms with Crippen LogP contribution in [0, 0.1) is 5.41 Å². The van der Waals surface area contributed by atoms with Crippen LogP contribution in [0.25, 0.3) is 0 Å². The van der Waals surface area contributed by atoms with Crippen molar-refractivity contribution in [1.82, 2.24) is 10.2 Å². The smallest absolute Gasteiger partial charge is 0.161 e. The zero-order chi connectivity index (χ0) is 16.3. The number of fused-ring (bicyclic) bond motifs is 1. The molecule has 0 spiro atoms. The Kier molecular flexibility index (Phi) is 5.12. The van der Waals surface area contributed by atoms with Gasteiger partial charge >= 0.3 is 0 Å². The molecule has 2 aliphatic rings. The zero-order valence-electron chi connectivity index (χ0n) is 14.8. The molecule has 4 nitrogen and oxygen atoms in total. The fourth-order valence-electron chi connectivity index (χ4n) is 3.84. The highest BCUT2D eigenvalue weighted by atomic mass is 16.5. The highest BCUT2D eigenvalue weighted by Gasteiger charge is 2.32. The number of nitrogens with zero attached hydrogens (tertiary/aromatic N) is 1. The monoisotopic (exact) mass is 318 g/mol. The van der Waals surface area contributed by atoms with Gasteiger partial charge in [-0.25, -0.2) is 0 Å². The van der Waals surface area contributed by atoms with Crippen LogP contribution in [0.4, 0.5) is 0 Å². The lowest BCUT2D eigenvalue weighted by molar-refractivity contribution is 0.163. The van der Waals surface area contributed by atoms with Crippen LogP contribution in [0.3, 0.4) is 0 Å². The van der Waals surface area contributed by atoms with Crippen LogP contribution in [0.5, 0.6) is 11.5 Å². The van der Waals surface area contributed by atoms with E-state index in [4.69, 9.17) is 9.47 Å². The minimum atomic E-state index is 0.422. The molecule has 1 N–H and O–H groups in total. The Bertz CT molecular complexity index is 538. The zero-order valence-corrected chi connectivity index (χ0v) is 14.8. The molecule has 2 aliphatic heterocycles. The first-order valence-electron chi connectivity index (χ1n) is 8.98. The summed E-state index contributed by atoms with van der Waals surface area (Å²) in [6.45, 7) is 13.4. The lowest BCUT2D eigenvalue weighted by Crippen LogP contribution is -2.40. The van der Waals surface area contributed by atoms with Crippen molar-refractivity contribution >= 4 is 0 Å². The number of nitrogens with one attached hydrogen (secondary N) is 1. The lowest BCUT2D eigenvalue weighted by Gasteiger charge is -2.35. The number of ether oxygens (including phenoxy) is 2. The average molecular weight is 318 g/mol. The van der Waals surface area contributed by atoms with Crippen molar-refractivity contribution in [3.63, 3.8) is 0 Å². The quantitative estimate of drug-likeness (QED) is 0.874. The van der Waals surface area contributed by atoms with Crippen molar-refractivity contribution in [1.29, 1.82) is 0 Å². The Morgan fingerprint density at radius 2 is 1.83 bits per heavy atom. The van der Waals surface area contributed by atoms with E-state index in [1.807, 2.05) is 13.8 Å². The van der Waals surface area contributed by atoms with Gasteiger partial charge in [0.15, 0.2) is 11.5 Å². The van der Waals surface area contributed by atoms with Crippen LogP contribution < -0.4 is 14.8 Å². The first-order valence-corrected chi connectivity index (χ1v) is 8.98. The second-order valence-electron chi connectivity index (χ2n) is 7.13. The Balaban J connectivity index is 1.75. The molecule has 1 fully saturated rings. The van der Waals surface area contributed by atoms with Gasteiger partial charge in [0.25, 0.3) is 0 Å². The molecule has 3 rings (SSSR count). The summed E-state index contributed by atoms with van der Waals surface area (Å²) in [5, 5.41) is 3.51. The van der Waals surface area contributed by atoms with Crippen molar-refractivity contribution < 1.29 is 9.47 Å². The second kappa shape index (κ2) is 7.10. The van der Waals surface area contributed by atoms with Gasteiger partial charge in [-0.2, -0.15) is 0 Å². The molecule has 2 heterocycles. The van der Waals surface area contributed by atoms with Crippen molar-refractivity contribution in [2.45, 2.75) is 40.2 Å². The van der Waals surface area contributed by atoms with Crippen molar-refractivity contribution in [3.05, 3.63) is 23.3 Å². The van der Waals surface area contributed by atoms with Gasteiger partial charge in [-0.1, -0.05) is 6.92 Å². The normalized spacial score (nSPS) is 24.5. The Hall–Kier alpha value is -1.26. The van der Waals surface area contributed by atoms with E-state index >= 15 is 0 Å². The molecule has 0 amide bonds. The third kappa shape index (κ3) is 3.81. The third-order valence-corrected chi connectivity index (χ3v) is 5.02. The van der Waals surface area contributed by atoms with Crippen LogP contribution in [-0.4, -0.2) is 44.3 Å². The topological polar surface area (TPSA) is 33.7 Å². The Morgan fingerprint density at radius 1 is 1.13 bits per heavy atom. The SMILES string of the molecule is CCOc1cc2c(cc1OCC)CN(CC1(C)CCNC1)CC2. The van der Waals surface area contributed by atoms with E-state index in [1.54, 1.807) is 0 Å². The van der Waals surface area contributed by atoms with Gasteiger partial charge in [0.2, 0.25) is 0 Å². The molecule has 0 radical (unpaired) electrons. The van der Waals surface area contributed by atoms with Crippen LogP contribution in [0.1, 0.15) is 38.3 Å². The summed E-state index contributed by atoms with van der Waals surface area (Å²) < 4.78 is 11.5. The molecular formula is C19H30N2O2. The van der Waals surface area contributed by atoms with E-state index < -0.39 is 0 Å². The fraction of sp³-hybridized carbons (Fsp3) is 0.684. The van der Waals surface area contributed by atoms with Crippen molar-refractivity contribution in [2.75, 3.05) is 39.4 Å². The molecular weight excluding hydrogens is 288 g/mol. The summed E-state index contributed by atoms with van der Waals surface area (Å²) in [5.41, 5.74) is 3.24. The van der Waals surface area contributed by atoms with Gasteiger partial charge in [0.05, 0.1) is 13.2 Å². The van der Waals surface area contributed by atoms with Crippen LogP contribution in [-0.2, 0) is 13.0 Å². The molecule has 1 unspecified atom stereocenters. The van der Waals surface area contributed by atoms with Crippen LogP contribution in [0.2, 0.25) is 0 Å². The molecule has 128 valence electrons. The highest BCUT2D eigenvalue weighted by molar-refractivity contribution is 5.48. The molecule has 0 bridgehead atoms. The predicted octanol–water partition coefficient (Wildman–Crippen LogP) is 2.84. The summed E-state index contributed by atoms with van der Waals surface area (Å²) in [4.78, 5) is 2.60. The van der Waals surface area contributed by atoms with Crippen molar-refractivity contribution in [3.8, 4) is 11.5 Å². The molecule has 0 saturated carbocycles. The number of benzene rings is 1. The first kappa shape index (κ1) is 16.6. The van der Waals surface area contributed by atoms with E-state index in [2.05, 4.69) is 29.3 Å². The molecule has 4 heteroatoms. The van der Waals surface area contributed by atoms with Gasteiger partial charge in [0.1, 0.15) is 0 Å². The maximum absolute atomic E-state index is 5.79. The van der Waals surface area contributed by atoms with Crippen LogP contribution in [0.15, 0.2) is 12.1 Å². The van der Waals surface area contributed by atoms with E-state index in [9.17, 15) is 0 Å². The van der Waals surface area contributed by atoms with Gasteiger partial charge in [-0.15, -0.1) is 0 Å². The van der Waals surface area contributed by atoms with Gasteiger partial charge in [-0.05, 0) is 61.9 Å². The first-order chi connectivity index (χ1) is 11.1. The van der Waals surface area contributed by atoms with E-state index in [0.717, 1.165) is 44.1 Å². The molecule has 1 aromatic carbocycles. The largest absolute Gasteiger partial charge is 0.490 e. The standard InChI is InChI=1S/C19H30N2O2/c1-4-22-17-10-15-6-9-21(14-19(3)7-8-20-13-19)12-16(15)11-18(17)23-5-2/h10-11,20H,4-9,12-14H2,1-3H3. The summed E-state index contributed by atoms with van der Waals surface area (Å²) in [6, 6.07) is 4.39. The molecule has 23 heavy (non-hydrogen) atoms. The fourth-order valence-corrected chi connectivity index (χ4v) is 3.84. The molecule has 0 aromatic heterocycles. The van der Waals surface area contributed by atoms with Crippen molar-refractivity contribution in [2.24, 2.45) is 5.41 Å². The van der Waals surface area contributed by atoms with Gasteiger partial charge in [-0.3, -0.25) is 4.90 Å². The van der Waals surface area contributed by atoms with E-state index in [0.29, 0.717) is 18.6 Å². The molecule has 0 aliphatic carbocycles. The second-order valence-corrected chi connectivity index (χ2v) is 7.13. The molecule has 1 atom stereocenters. The average Bonchev–Trinajstić information content (AvgIpc) is 2.95. The maximum atomic E-state index is 5.79. The van der Waals surface area contributed by atoms with E-state index in [1.165, 1.54) is 24.1 Å². The summed E-state index contributed by atoms with van der Waals surface area (Å²) in [6.07, 6.45) is 2.38. The van der Waals surface area contributed by atoms with Gasteiger partial charge < -0.3 is 14.8 Å². The number of hydrogen-bond acceptors (Lipinski definition) is 4. The minimum absolute atomic E-state index is 0.422. The summed E-state index contributed by atoms with van der Waals surface area (Å²) in [7, 11) is 0. The summed E-state index contributed by atoms with van der Waals surface area (Å²) in [5.74, 6) is 1.79. The number of hydrogen-bond donors (Lipinski definition) is 1. The maximum Gasteiger partial charge on any atom is 0.161 e. The Morgan fingerprint density at radius 3 is 2.43 bits per heavy atom. The Labute approximate surface area is 140 Å². The lowest BCUT2D eigenvalue weighted by atomic mass is 9.88. The molecule has 1 aromatic rings. The van der Waals surface area contributed by atoms with E-state index in [-0.39, 0.29) is 0 Å². The minimum Gasteiger partial charge on any atom is -0.490 e. The van der Waals surface area contributed by atoms with Crippen LogP contribution >= 0.6 is 0 Å². The molecule has 1 saturated heterocycles. The predicted molar refractivity (Wildman–Crippen MR) is 93.4 cm³/mol. The summed E-state index contributed by atoms with van der Waals surface area (Å²) >= 11 is 0. The highest BCUT2D eigenvalue weighted by Crippen LogP contribution is 2.35.